The van der Waals surface area contributed by atoms with E-state index in [0.29, 0.717) is 25.2 Å². The highest BCUT2D eigenvalue weighted by Crippen LogP contribution is 2.33. The molecule has 9 heteroatoms. The number of nitrogens with one attached hydrogen (secondary N) is 1. The molecule has 1 fully saturated rings. The third kappa shape index (κ3) is 4.41. The maximum absolute atomic E-state index is 12.6. The minimum absolute atomic E-state index is 0.0397. The van der Waals surface area contributed by atoms with E-state index in [1.807, 2.05) is 0 Å². The Morgan fingerprint density at radius 1 is 1.43 bits per heavy atom. The van der Waals surface area contributed by atoms with Gasteiger partial charge in [0.15, 0.2) is 0 Å². The van der Waals surface area contributed by atoms with E-state index in [4.69, 9.17) is 4.74 Å². The minimum atomic E-state index is -4.71. The van der Waals surface area contributed by atoms with Crippen LogP contribution in [0.5, 0.6) is 0 Å². The van der Waals surface area contributed by atoms with Crippen molar-refractivity contribution in [2.24, 2.45) is 0 Å². The van der Waals surface area contributed by atoms with Crippen molar-refractivity contribution >= 4 is 11.6 Å². The summed E-state index contributed by atoms with van der Waals surface area (Å²) < 4.78 is 43.2. The number of rotatable bonds is 5. The average molecular weight is 332 g/mol. The van der Waals surface area contributed by atoms with Gasteiger partial charge in [-0.1, -0.05) is 0 Å². The molecular formula is C14H15F3N2O4. The maximum Gasteiger partial charge on any atom is 0.416 e. The number of carbonyl (C=O) groups is 1. The van der Waals surface area contributed by atoms with Gasteiger partial charge in [-0.25, -0.2) is 0 Å². The Bertz CT molecular complexity index is 598. The summed E-state index contributed by atoms with van der Waals surface area (Å²) in [7, 11) is 0. The van der Waals surface area contributed by atoms with Crippen molar-refractivity contribution in [2.45, 2.75) is 31.5 Å². The number of ether oxygens (including phenoxy) is 1. The number of amides is 1. The van der Waals surface area contributed by atoms with Gasteiger partial charge in [-0.2, -0.15) is 13.2 Å². The highest BCUT2D eigenvalue weighted by molar-refractivity contribution is 5.98. The second-order valence-electron chi connectivity index (χ2n) is 5.17. The lowest BCUT2D eigenvalue weighted by molar-refractivity contribution is -0.385. The summed E-state index contributed by atoms with van der Waals surface area (Å²) in [6.07, 6.45) is -2.28. The Morgan fingerprint density at radius 3 is 2.74 bits per heavy atom. The quantitative estimate of drug-likeness (QED) is 0.664. The Kier molecular flexibility index (Phi) is 5.19. The van der Waals surface area contributed by atoms with Crippen LogP contribution in [0.3, 0.4) is 0 Å². The number of nitro benzene ring substituents is 1. The maximum atomic E-state index is 12.6. The Balaban J connectivity index is 2.07. The zero-order chi connectivity index (χ0) is 17.0. The molecule has 1 heterocycles. The molecule has 0 spiro atoms. The van der Waals surface area contributed by atoms with Crippen molar-refractivity contribution in [3.63, 3.8) is 0 Å². The molecule has 0 bridgehead atoms. The van der Waals surface area contributed by atoms with Crippen molar-refractivity contribution in [1.82, 2.24) is 5.32 Å². The van der Waals surface area contributed by atoms with Crippen molar-refractivity contribution in [2.75, 3.05) is 13.2 Å². The summed E-state index contributed by atoms with van der Waals surface area (Å²) >= 11 is 0. The smallest absolute Gasteiger partial charge is 0.378 e. The van der Waals surface area contributed by atoms with Gasteiger partial charge in [0, 0.05) is 19.2 Å². The lowest BCUT2D eigenvalue weighted by Gasteiger charge is -2.11. The van der Waals surface area contributed by atoms with E-state index in [-0.39, 0.29) is 12.6 Å². The monoisotopic (exact) mass is 332 g/mol. The van der Waals surface area contributed by atoms with E-state index in [9.17, 15) is 28.1 Å². The van der Waals surface area contributed by atoms with E-state index >= 15 is 0 Å². The largest absolute Gasteiger partial charge is 0.416 e. The number of benzene rings is 1. The summed E-state index contributed by atoms with van der Waals surface area (Å²) in [5.74, 6) is -0.775. The van der Waals surface area contributed by atoms with Crippen LogP contribution in [0.2, 0.25) is 0 Å². The third-order valence-corrected chi connectivity index (χ3v) is 3.54. The molecule has 1 amide bonds. The van der Waals surface area contributed by atoms with Gasteiger partial charge in [0.25, 0.3) is 11.6 Å². The predicted molar refractivity (Wildman–Crippen MR) is 74.0 cm³/mol. The first-order valence-corrected chi connectivity index (χ1v) is 7.04. The van der Waals surface area contributed by atoms with Gasteiger partial charge in [0.2, 0.25) is 0 Å². The SMILES string of the molecule is O=C(NCC[C@H]1CCCO1)c1ccc(C(F)(F)F)cc1[N+](=O)[O-]. The van der Waals surface area contributed by atoms with Crippen molar-refractivity contribution < 1.29 is 27.6 Å². The highest BCUT2D eigenvalue weighted by atomic mass is 19.4. The summed E-state index contributed by atoms with van der Waals surface area (Å²) in [5, 5.41) is 13.4. The molecule has 1 N–H and O–H groups in total. The second kappa shape index (κ2) is 6.95. The number of alkyl halides is 3. The van der Waals surface area contributed by atoms with Gasteiger partial charge in [-0.3, -0.25) is 14.9 Å². The summed E-state index contributed by atoms with van der Waals surface area (Å²) in [5.41, 5.74) is -2.43. The summed E-state index contributed by atoms with van der Waals surface area (Å²) in [4.78, 5) is 21.9. The van der Waals surface area contributed by atoms with Gasteiger partial charge in [0.05, 0.1) is 16.6 Å². The molecule has 1 aromatic rings. The molecule has 0 saturated carbocycles. The van der Waals surface area contributed by atoms with Gasteiger partial charge in [-0.05, 0) is 31.4 Å². The van der Waals surface area contributed by atoms with Crippen LogP contribution in [-0.4, -0.2) is 30.1 Å². The fraction of sp³-hybridized carbons (Fsp3) is 0.500. The molecule has 2 rings (SSSR count). The van der Waals surface area contributed by atoms with E-state index in [1.165, 1.54) is 0 Å². The molecule has 6 nitrogen and oxygen atoms in total. The molecule has 1 aliphatic heterocycles. The number of halogens is 3. The van der Waals surface area contributed by atoms with E-state index < -0.39 is 33.8 Å². The highest BCUT2D eigenvalue weighted by Gasteiger charge is 2.34. The fourth-order valence-electron chi connectivity index (χ4n) is 2.36. The normalized spacial score (nSPS) is 18.0. The molecule has 0 aromatic heterocycles. The second-order valence-corrected chi connectivity index (χ2v) is 5.17. The Morgan fingerprint density at radius 2 is 2.17 bits per heavy atom. The number of nitro groups is 1. The Hall–Kier alpha value is -2.16. The fourth-order valence-corrected chi connectivity index (χ4v) is 2.36. The lowest BCUT2D eigenvalue weighted by Crippen LogP contribution is -2.27. The topological polar surface area (TPSA) is 81.5 Å². The van der Waals surface area contributed by atoms with Gasteiger partial charge >= 0.3 is 6.18 Å². The molecular weight excluding hydrogens is 317 g/mol. The first-order chi connectivity index (χ1) is 10.8. The molecule has 1 atom stereocenters. The van der Waals surface area contributed by atoms with Crippen LogP contribution in [0.25, 0.3) is 0 Å². The van der Waals surface area contributed by atoms with E-state index in [0.717, 1.165) is 18.9 Å². The van der Waals surface area contributed by atoms with Gasteiger partial charge in [0.1, 0.15) is 5.56 Å². The van der Waals surface area contributed by atoms with Crippen LogP contribution < -0.4 is 5.32 Å². The summed E-state index contributed by atoms with van der Waals surface area (Å²) in [6, 6.07) is 1.85. The third-order valence-electron chi connectivity index (χ3n) is 3.54. The van der Waals surface area contributed by atoms with Crippen molar-refractivity contribution in [3.05, 3.63) is 39.4 Å². The molecule has 0 radical (unpaired) electrons. The van der Waals surface area contributed by atoms with Crippen LogP contribution in [0.1, 0.15) is 35.2 Å². The molecule has 0 aliphatic carbocycles. The Labute approximate surface area is 129 Å². The molecule has 1 aliphatic rings. The molecule has 1 saturated heterocycles. The van der Waals surface area contributed by atoms with Gasteiger partial charge in [-0.15, -0.1) is 0 Å². The van der Waals surface area contributed by atoms with Crippen LogP contribution in [0, 0.1) is 10.1 Å². The standard InChI is InChI=1S/C14H15F3N2O4/c15-14(16,17)9-3-4-11(12(8-9)19(21)22)13(20)18-6-5-10-2-1-7-23-10/h3-4,8,10H,1-2,5-7H2,(H,18,20)/t10-/m1/s1. The summed E-state index contributed by atoms with van der Waals surface area (Å²) in [6.45, 7) is 0.907. The molecule has 23 heavy (non-hydrogen) atoms. The van der Waals surface area contributed by atoms with Crippen LogP contribution in [-0.2, 0) is 10.9 Å². The molecule has 0 unspecified atom stereocenters. The van der Waals surface area contributed by atoms with Crippen LogP contribution in [0.4, 0.5) is 18.9 Å². The zero-order valence-corrected chi connectivity index (χ0v) is 12.1. The lowest BCUT2D eigenvalue weighted by atomic mass is 10.1. The van der Waals surface area contributed by atoms with Crippen LogP contribution >= 0.6 is 0 Å². The first-order valence-electron chi connectivity index (χ1n) is 7.04. The average Bonchev–Trinajstić information content (AvgIpc) is 2.98. The van der Waals surface area contributed by atoms with Crippen LogP contribution in [0.15, 0.2) is 18.2 Å². The number of nitrogens with zero attached hydrogens (tertiary/aromatic N) is 1. The first kappa shape index (κ1) is 17.2. The van der Waals surface area contributed by atoms with Crippen molar-refractivity contribution in [3.8, 4) is 0 Å². The molecule has 126 valence electrons. The number of hydrogen-bond donors (Lipinski definition) is 1. The minimum Gasteiger partial charge on any atom is -0.378 e. The van der Waals surface area contributed by atoms with Gasteiger partial charge < -0.3 is 10.1 Å². The predicted octanol–water partition coefficient (Wildman–Crippen LogP) is 2.91. The number of carbonyl (C=O) groups excluding carboxylic acids is 1. The number of hydrogen-bond acceptors (Lipinski definition) is 4. The molecule has 1 aromatic carbocycles. The van der Waals surface area contributed by atoms with Crippen molar-refractivity contribution in [1.29, 1.82) is 0 Å². The van der Waals surface area contributed by atoms with E-state index in [1.54, 1.807) is 0 Å². The van der Waals surface area contributed by atoms with E-state index in [2.05, 4.69) is 5.32 Å². The zero-order valence-electron chi connectivity index (χ0n) is 12.1.